The van der Waals surface area contributed by atoms with Crippen LogP contribution < -0.4 is 15.4 Å². The van der Waals surface area contributed by atoms with Crippen LogP contribution in [0.3, 0.4) is 0 Å². The van der Waals surface area contributed by atoms with Crippen LogP contribution in [0.4, 0.5) is 0 Å². The zero-order chi connectivity index (χ0) is 25.4. The zero-order valence-electron chi connectivity index (χ0n) is 18.9. The van der Waals surface area contributed by atoms with Gasteiger partial charge in [0, 0.05) is 23.3 Å². The van der Waals surface area contributed by atoms with E-state index in [-0.39, 0.29) is 30.4 Å². The second-order valence-corrected chi connectivity index (χ2v) is 8.38. The molecule has 0 saturated carbocycles. The maximum absolute atomic E-state index is 12.8. The van der Waals surface area contributed by atoms with Gasteiger partial charge in [-0.05, 0) is 30.9 Å². The highest BCUT2D eigenvalue weighted by Crippen LogP contribution is 2.26. The van der Waals surface area contributed by atoms with E-state index in [2.05, 4.69) is 15.4 Å². The number of amides is 2. The molecule has 2 rings (SSSR count). The van der Waals surface area contributed by atoms with Crippen molar-refractivity contribution in [3.8, 4) is 5.75 Å². The van der Waals surface area contributed by atoms with E-state index in [0.29, 0.717) is 5.75 Å². The Labute approximate surface area is 200 Å². The molecule has 34 heavy (non-hydrogen) atoms. The molecule has 0 radical (unpaired) electrons. The molecule has 4 atom stereocenters. The molecule has 2 amide bonds. The number of nitrogens with one attached hydrogen (secondary N) is 2. The number of aliphatic hydroxyl groups excluding tert-OH is 2. The molecule has 1 aliphatic rings. The van der Waals surface area contributed by atoms with Gasteiger partial charge in [-0.15, -0.1) is 11.8 Å². The first kappa shape index (κ1) is 27.2. The lowest BCUT2D eigenvalue weighted by molar-refractivity contribution is -0.145. The number of benzene rings is 1. The summed E-state index contributed by atoms with van der Waals surface area (Å²) in [7, 11) is 2.52. The lowest BCUT2D eigenvalue weighted by Gasteiger charge is -2.31. The lowest BCUT2D eigenvalue weighted by atomic mass is 9.89. The summed E-state index contributed by atoms with van der Waals surface area (Å²) < 4.78 is 9.88. The summed E-state index contributed by atoms with van der Waals surface area (Å²) >= 11 is 1.47. The third-order valence-corrected chi connectivity index (χ3v) is 5.98. The first-order valence-corrected chi connectivity index (χ1v) is 11.5. The molecule has 0 aromatic heterocycles. The topological polar surface area (TPSA) is 171 Å². The standard InChI is InChI=1S/C22H28N2O9S/c1-32-17-10-12(34-3)4-5-13(17)21(30)24-15-8-11(9-16(25)19(15)28)20(29)23-14(22(31)33-2)6-7-18(26)27/h4-5,8,10,14-16,19,25,28H,6-7,9H2,1-3H3,(H,23,29)(H,24,30)(H,26,27)/t14-,15+,16+,19+/m0/s1. The number of aliphatic carboxylic acids is 1. The average Bonchev–Trinajstić information content (AvgIpc) is 2.82. The lowest BCUT2D eigenvalue weighted by Crippen LogP contribution is -2.51. The van der Waals surface area contributed by atoms with Crippen molar-refractivity contribution in [1.82, 2.24) is 10.6 Å². The molecule has 0 heterocycles. The maximum atomic E-state index is 12.8. The van der Waals surface area contributed by atoms with Crippen molar-refractivity contribution < 1.29 is 44.0 Å². The van der Waals surface area contributed by atoms with Gasteiger partial charge in [-0.3, -0.25) is 14.4 Å². The van der Waals surface area contributed by atoms with Gasteiger partial charge >= 0.3 is 11.9 Å². The van der Waals surface area contributed by atoms with Gasteiger partial charge in [-0.25, -0.2) is 4.79 Å². The summed E-state index contributed by atoms with van der Waals surface area (Å²) in [5.74, 6) is -3.00. The second kappa shape index (κ2) is 12.4. The predicted molar refractivity (Wildman–Crippen MR) is 122 cm³/mol. The van der Waals surface area contributed by atoms with Crippen LogP contribution in [0.25, 0.3) is 0 Å². The zero-order valence-corrected chi connectivity index (χ0v) is 19.8. The Kier molecular flexibility index (Phi) is 9.90. The smallest absolute Gasteiger partial charge is 0.328 e. The Morgan fingerprint density at radius 1 is 1.18 bits per heavy atom. The van der Waals surface area contributed by atoms with Gasteiger partial charge in [0.2, 0.25) is 5.91 Å². The first-order valence-electron chi connectivity index (χ1n) is 10.3. The molecule has 12 heteroatoms. The minimum Gasteiger partial charge on any atom is -0.496 e. The fourth-order valence-corrected chi connectivity index (χ4v) is 3.82. The van der Waals surface area contributed by atoms with E-state index in [1.54, 1.807) is 18.2 Å². The largest absolute Gasteiger partial charge is 0.496 e. The van der Waals surface area contributed by atoms with Gasteiger partial charge in [0.25, 0.3) is 5.91 Å². The van der Waals surface area contributed by atoms with Gasteiger partial charge in [-0.1, -0.05) is 6.08 Å². The minimum absolute atomic E-state index is 0.0111. The van der Waals surface area contributed by atoms with Crippen molar-refractivity contribution >= 4 is 35.5 Å². The van der Waals surface area contributed by atoms with E-state index >= 15 is 0 Å². The van der Waals surface area contributed by atoms with Gasteiger partial charge in [0.05, 0.1) is 31.9 Å². The molecule has 0 fully saturated rings. The second-order valence-electron chi connectivity index (χ2n) is 7.50. The van der Waals surface area contributed by atoms with Gasteiger partial charge in [-0.2, -0.15) is 0 Å². The Bertz CT molecular complexity index is 966. The maximum Gasteiger partial charge on any atom is 0.328 e. The molecule has 11 nitrogen and oxygen atoms in total. The fraction of sp³-hybridized carbons (Fsp3) is 0.455. The predicted octanol–water partition coefficient (Wildman–Crippen LogP) is 0.0900. The normalized spacial score (nSPS) is 20.5. The molecule has 1 aromatic carbocycles. The van der Waals surface area contributed by atoms with Crippen molar-refractivity contribution in [3.63, 3.8) is 0 Å². The number of thioether (sulfide) groups is 1. The summed E-state index contributed by atoms with van der Waals surface area (Å²) in [5.41, 5.74) is 0.211. The third kappa shape index (κ3) is 6.95. The number of carboxylic acid groups (broad SMARTS) is 1. The molecule has 0 spiro atoms. The number of carbonyl (C=O) groups excluding carboxylic acids is 3. The Morgan fingerprint density at radius 2 is 1.88 bits per heavy atom. The summed E-state index contributed by atoms with van der Waals surface area (Å²) in [6, 6.07) is 2.65. The first-order chi connectivity index (χ1) is 16.1. The van der Waals surface area contributed by atoms with Crippen LogP contribution in [0.15, 0.2) is 34.7 Å². The van der Waals surface area contributed by atoms with Crippen LogP contribution in [0.5, 0.6) is 5.75 Å². The number of esters is 1. The van der Waals surface area contributed by atoms with Gasteiger partial charge in [0.15, 0.2) is 0 Å². The van der Waals surface area contributed by atoms with Crippen molar-refractivity contribution in [2.75, 3.05) is 20.5 Å². The molecule has 0 aliphatic heterocycles. The summed E-state index contributed by atoms with van der Waals surface area (Å²) in [4.78, 5) is 49.2. The van der Waals surface area contributed by atoms with Crippen molar-refractivity contribution in [2.45, 2.75) is 48.4 Å². The summed E-state index contributed by atoms with van der Waals surface area (Å²) in [6.07, 6.45) is -0.406. The molecule has 5 N–H and O–H groups in total. The Hall–Kier alpha value is -3.09. The highest BCUT2D eigenvalue weighted by molar-refractivity contribution is 7.98. The molecule has 1 aliphatic carbocycles. The van der Waals surface area contributed by atoms with Crippen molar-refractivity contribution in [2.24, 2.45) is 0 Å². The van der Waals surface area contributed by atoms with E-state index in [0.717, 1.165) is 12.0 Å². The van der Waals surface area contributed by atoms with Crippen LogP contribution >= 0.6 is 11.8 Å². The molecular formula is C22H28N2O9S. The fourth-order valence-electron chi connectivity index (χ4n) is 3.39. The molecular weight excluding hydrogens is 468 g/mol. The number of rotatable bonds is 10. The molecule has 0 unspecified atom stereocenters. The number of hydrogen-bond donors (Lipinski definition) is 5. The van der Waals surface area contributed by atoms with E-state index in [1.807, 2.05) is 6.26 Å². The number of methoxy groups -OCH3 is 2. The SMILES string of the molecule is COC(=O)[C@H](CCC(=O)O)NC(=O)C1=C[C@@H](NC(=O)c2ccc(SC)cc2OC)[C@@H](O)[C@H](O)C1. The molecule has 0 saturated heterocycles. The van der Waals surface area contributed by atoms with Crippen LogP contribution in [0.2, 0.25) is 0 Å². The quantitative estimate of drug-likeness (QED) is 0.221. The molecule has 1 aromatic rings. The van der Waals surface area contributed by atoms with Crippen LogP contribution in [0.1, 0.15) is 29.6 Å². The van der Waals surface area contributed by atoms with Crippen LogP contribution in [-0.2, 0) is 19.1 Å². The number of aliphatic hydroxyl groups is 2. The van der Waals surface area contributed by atoms with E-state index in [4.69, 9.17) is 9.84 Å². The number of ether oxygens (including phenoxy) is 2. The van der Waals surface area contributed by atoms with Gasteiger partial charge < -0.3 is 35.4 Å². The Morgan fingerprint density at radius 3 is 2.47 bits per heavy atom. The number of hydrogen-bond acceptors (Lipinski definition) is 9. The average molecular weight is 497 g/mol. The number of carboxylic acids is 1. The van der Waals surface area contributed by atoms with Crippen LogP contribution in [0, 0.1) is 0 Å². The monoisotopic (exact) mass is 496 g/mol. The third-order valence-electron chi connectivity index (χ3n) is 5.25. The van der Waals surface area contributed by atoms with Crippen molar-refractivity contribution in [3.05, 3.63) is 35.4 Å². The van der Waals surface area contributed by atoms with E-state index < -0.39 is 48.0 Å². The summed E-state index contributed by atoms with van der Waals surface area (Å²) in [5, 5.41) is 34.5. The highest BCUT2D eigenvalue weighted by atomic mass is 32.2. The molecule has 0 bridgehead atoms. The van der Waals surface area contributed by atoms with Crippen molar-refractivity contribution in [1.29, 1.82) is 0 Å². The van der Waals surface area contributed by atoms with E-state index in [1.165, 1.54) is 24.9 Å². The summed E-state index contributed by atoms with van der Waals surface area (Å²) in [6.45, 7) is 0. The Balaban J connectivity index is 2.21. The highest BCUT2D eigenvalue weighted by Gasteiger charge is 2.35. The van der Waals surface area contributed by atoms with E-state index in [9.17, 15) is 29.4 Å². The molecule has 186 valence electrons. The van der Waals surface area contributed by atoms with Crippen LogP contribution in [-0.4, -0.2) is 83.8 Å². The van der Waals surface area contributed by atoms with Gasteiger partial charge in [0.1, 0.15) is 17.9 Å². The minimum atomic E-state index is -1.39. The number of carbonyl (C=O) groups is 4.